The van der Waals surface area contributed by atoms with Crippen molar-refractivity contribution in [3.63, 3.8) is 0 Å². The molecule has 1 N–H and O–H groups in total. The average Bonchev–Trinajstić information content (AvgIpc) is 3.15. The van der Waals surface area contributed by atoms with Crippen molar-refractivity contribution in [2.24, 2.45) is 7.05 Å². The molecule has 0 fully saturated rings. The first-order valence-electron chi connectivity index (χ1n) is 10.3. The highest BCUT2D eigenvalue weighted by Crippen LogP contribution is 2.29. The first-order valence-corrected chi connectivity index (χ1v) is 10.3. The SMILES string of the molecule is COc1ccccc1C(NC(=O)CCc1ccc(C(C)(C)C)cc1)c1nccn1C. The number of aryl methyl sites for hydroxylation is 2. The maximum absolute atomic E-state index is 12.8. The zero-order valence-electron chi connectivity index (χ0n) is 18.5. The van der Waals surface area contributed by atoms with Crippen LogP contribution in [0.2, 0.25) is 0 Å². The van der Waals surface area contributed by atoms with E-state index < -0.39 is 0 Å². The standard InChI is InChI=1S/C25H31N3O2/c1-25(2,3)19-13-10-18(11-14-19)12-15-22(29)27-23(24-26-16-17-28(24)4)20-8-6-7-9-21(20)30-5/h6-11,13-14,16-17,23H,12,15H2,1-5H3,(H,27,29). The Bertz CT molecular complexity index is 984. The highest BCUT2D eigenvalue weighted by molar-refractivity contribution is 5.77. The van der Waals surface area contributed by atoms with Gasteiger partial charge in [-0.2, -0.15) is 0 Å². The summed E-state index contributed by atoms with van der Waals surface area (Å²) in [5.41, 5.74) is 3.46. The van der Waals surface area contributed by atoms with Crippen LogP contribution in [0.4, 0.5) is 0 Å². The number of carbonyl (C=O) groups excluding carboxylic acids is 1. The molecule has 1 unspecified atom stereocenters. The second kappa shape index (κ2) is 9.16. The fraction of sp³-hybridized carbons (Fsp3) is 0.360. The first-order chi connectivity index (χ1) is 14.3. The fourth-order valence-electron chi connectivity index (χ4n) is 3.50. The monoisotopic (exact) mass is 405 g/mol. The third-order valence-corrected chi connectivity index (χ3v) is 5.33. The lowest BCUT2D eigenvalue weighted by Crippen LogP contribution is -2.31. The lowest BCUT2D eigenvalue weighted by atomic mass is 9.86. The molecule has 0 bridgehead atoms. The highest BCUT2D eigenvalue weighted by Gasteiger charge is 2.23. The summed E-state index contributed by atoms with van der Waals surface area (Å²) in [4.78, 5) is 17.3. The third-order valence-electron chi connectivity index (χ3n) is 5.33. The summed E-state index contributed by atoms with van der Waals surface area (Å²) in [6.45, 7) is 6.60. The highest BCUT2D eigenvalue weighted by atomic mass is 16.5. The molecule has 3 rings (SSSR count). The Hall–Kier alpha value is -3.08. The van der Waals surface area contributed by atoms with Crippen LogP contribution in [0.1, 0.15) is 55.7 Å². The lowest BCUT2D eigenvalue weighted by Gasteiger charge is -2.21. The zero-order chi connectivity index (χ0) is 21.7. The lowest BCUT2D eigenvalue weighted by molar-refractivity contribution is -0.121. The van der Waals surface area contributed by atoms with Gasteiger partial charge in [0.05, 0.1) is 7.11 Å². The van der Waals surface area contributed by atoms with Crippen molar-refractivity contribution in [1.82, 2.24) is 14.9 Å². The first kappa shape index (κ1) is 21.6. The Labute approximate surface area is 179 Å². The molecule has 0 spiro atoms. The maximum atomic E-state index is 12.8. The van der Waals surface area contributed by atoms with Gasteiger partial charge in [-0.3, -0.25) is 4.79 Å². The Kier molecular flexibility index (Phi) is 6.60. The largest absolute Gasteiger partial charge is 0.496 e. The van der Waals surface area contributed by atoms with Crippen molar-refractivity contribution in [1.29, 1.82) is 0 Å². The van der Waals surface area contributed by atoms with E-state index in [0.29, 0.717) is 12.8 Å². The van der Waals surface area contributed by atoms with E-state index in [1.807, 2.05) is 42.1 Å². The fourth-order valence-corrected chi connectivity index (χ4v) is 3.50. The van der Waals surface area contributed by atoms with Gasteiger partial charge < -0.3 is 14.6 Å². The number of para-hydroxylation sites is 1. The second-order valence-electron chi connectivity index (χ2n) is 8.59. The molecule has 0 saturated carbocycles. The molecule has 1 heterocycles. The van der Waals surface area contributed by atoms with Crippen LogP contribution in [-0.4, -0.2) is 22.6 Å². The Morgan fingerprint density at radius 2 is 1.83 bits per heavy atom. The predicted molar refractivity (Wildman–Crippen MR) is 120 cm³/mol. The van der Waals surface area contributed by atoms with Crippen LogP contribution < -0.4 is 10.1 Å². The van der Waals surface area contributed by atoms with E-state index in [1.165, 1.54) is 5.56 Å². The van der Waals surface area contributed by atoms with Crippen molar-refractivity contribution in [3.05, 3.63) is 83.4 Å². The summed E-state index contributed by atoms with van der Waals surface area (Å²) in [5.74, 6) is 1.47. The van der Waals surface area contributed by atoms with Gasteiger partial charge in [0.2, 0.25) is 5.91 Å². The van der Waals surface area contributed by atoms with Gasteiger partial charge in [-0.25, -0.2) is 4.98 Å². The number of imidazole rings is 1. The molecule has 0 aliphatic rings. The van der Waals surface area contributed by atoms with Crippen molar-refractivity contribution in [2.75, 3.05) is 7.11 Å². The van der Waals surface area contributed by atoms with Crippen LogP contribution >= 0.6 is 0 Å². The second-order valence-corrected chi connectivity index (χ2v) is 8.59. The van der Waals surface area contributed by atoms with Crippen LogP contribution in [0.15, 0.2) is 60.9 Å². The minimum Gasteiger partial charge on any atom is -0.496 e. The van der Waals surface area contributed by atoms with Crippen LogP contribution in [0, 0.1) is 0 Å². The van der Waals surface area contributed by atoms with Crippen molar-refractivity contribution < 1.29 is 9.53 Å². The molecule has 1 amide bonds. The van der Waals surface area contributed by atoms with Crippen LogP contribution in [-0.2, 0) is 23.7 Å². The molecule has 0 radical (unpaired) electrons. The third kappa shape index (κ3) is 5.09. The Balaban J connectivity index is 1.73. The predicted octanol–water partition coefficient (Wildman–Crippen LogP) is 4.56. The van der Waals surface area contributed by atoms with E-state index in [9.17, 15) is 4.79 Å². The number of amides is 1. The van der Waals surface area contributed by atoms with Crippen LogP contribution in [0.5, 0.6) is 5.75 Å². The van der Waals surface area contributed by atoms with Gasteiger partial charge in [-0.15, -0.1) is 0 Å². The number of nitrogens with zero attached hydrogens (tertiary/aromatic N) is 2. The molecule has 1 aromatic heterocycles. The molecular weight excluding hydrogens is 374 g/mol. The van der Waals surface area contributed by atoms with Gasteiger partial charge in [0.15, 0.2) is 0 Å². The molecule has 30 heavy (non-hydrogen) atoms. The summed E-state index contributed by atoms with van der Waals surface area (Å²) in [6.07, 6.45) is 4.71. The van der Waals surface area contributed by atoms with E-state index in [0.717, 1.165) is 22.7 Å². The number of benzene rings is 2. The Morgan fingerprint density at radius 3 is 2.43 bits per heavy atom. The zero-order valence-corrected chi connectivity index (χ0v) is 18.5. The maximum Gasteiger partial charge on any atom is 0.221 e. The summed E-state index contributed by atoms with van der Waals surface area (Å²) in [5, 5.41) is 3.15. The minimum atomic E-state index is -0.378. The number of nitrogens with one attached hydrogen (secondary N) is 1. The molecule has 3 aromatic rings. The number of aromatic nitrogens is 2. The molecule has 2 aromatic carbocycles. The van der Waals surface area contributed by atoms with E-state index in [-0.39, 0.29) is 17.4 Å². The van der Waals surface area contributed by atoms with E-state index in [4.69, 9.17) is 4.74 Å². The number of carbonyl (C=O) groups is 1. The van der Waals surface area contributed by atoms with E-state index in [1.54, 1.807) is 13.3 Å². The summed E-state index contributed by atoms with van der Waals surface area (Å²) in [6, 6.07) is 15.9. The van der Waals surface area contributed by atoms with Crippen molar-refractivity contribution >= 4 is 5.91 Å². The minimum absolute atomic E-state index is 0.0196. The molecule has 5 nitrogen and oxygen atoms in total. The normalized spacial score (nSPS) is 12.4. The molecule has 0 saturated heterocycles. The van der Waals surface area contributed by atoms with Crippen LogP contribution in [0.3, 0.4) is 0 Å². The smallest absolute Gasteiger partial charge is 0.221 e. The van der Waals surface area contributed by atoms with E-state index >= 15 is 0 Å². The van der Waals surface area contributed by atoms with Gasteiger partial charge in [0, 0.05) is 31.4 Å². The van der Waals surface area contributed by atoms with Crippen LogP contribution in [0.25, 0.3) is 0 Å². The topological polar surface area (TPSA) is 56.1 Å². The van der Waals surface area contributed by atoms with E-state index in [2.05, 4.69) is 55.3 Å². The van der Waals surface area contributed by atoms with Crippen molar-refractivity contribution in [3.8, 4) is 5.75 Å². The molecule has 5 heteroatoms. The van der Waals surface area contributed by atoms with Gasteiger partial charge in [0.1, 0.15) is 17.6 Å². The number of methoxy groups -OCH3 is 1. The number of hydrogen-bond acceptors (Lipinski definition) is 3. The average molecular weight is 406 g/mol. The van der Waals surface area contributed by atoms with Crippen molar-refractivity contribution in [2.45, 2.75) is 45.1 Å². The Morgan fingerprint density at radius 1 is 1.13 bits per heavy atom. The quantitative estimate of drug-likeness (QED) is 0.627. The molecule has 0 aliphatic carbocycles. The van der Waals surface area contributed by atoms with Gasteiger partial charge in [-0.05, 0) is 29.0 Å². The summed E-state index contributed by atoms with van der Waals surface area (Å²) < 4.78 is 7.44. The van der Waals surface area contributed by atoms with Gasteiger partial charge >= 0.3 is 0 Å². The van der Waals surface area contributed by atoms with Gasteiger partial charge in [-0.1, -0.05) is 63.2 Å². The summed E-state index contributed by atoms with van der Waals surface area (Å²) >= 11 is 0. The molecule has 158 valence electrons. The number of rotatable bonds is 7. The number of hydrogen-bond donors (Lipinski definition) is 1. The van der Waals surface area contributed by atoms with Gasteiger partial charge in [0.25, 0.3) is 0 Å². The molecule has 1 atom stereocenters. The molecule has 0 aliphatic heterocycles. The molecular formula is C25H31N3O2. The summed E-state index contributed by atoms with van der Waals surface area (Å²) in [7, 11) is 3.56. The number of ether oxygens (including phenoxy) is 1.